The second-order valence-corrected chi connectivity index (χ2v) is 5.75. The number of hydrogen-bond donors (Lipinski definition) is 2. The molecule has 4 nitrogen and oxygen atoms in total. The molecule has 1 aromatic rings. The normalized spacial score (nSPS) is 28.8. The van der Waals surface area contributed by atoms with Crippen LogP contribution in [-0.2, 0) is 11.2 Å². The summed E-state index contributed by atoms with van der Waals surface area (Å²) in [6.45, 7) is 4.30. The molecule has 0 radical (unpaired) electrons. The third-order valence-corrected chi connectivity index (χ3v) is 4.12. The van der Waals surface area contributed by atoms with Crippen molar-refractivity contribution in [1.29, 1.82) is 0 Å². The number of carbonyl (C=O) groups excluding carboxylic acids is 1. The average molecular weight is 260 g/mol. The molecular formula is C15H20N2O2. The number of fused-ring (bicyclic) bond motifs is 1. The smallest absolute Gasteiger partial charge is 0.227 e. The lowest BCUT2D eigenvalue weighted by molar-refractivity contribution is -0.129. The van der Waals surface area contributed by atoms with Gasteiger partial charge in [0.05, 0.1) is 12.0 Å². The first-order chi connectivity index (χ1) is 9.17. The summed E-state index contributed by atoms with van der Waals surface area (Å²) in [6, 6.07) is 8.07. The molecule has 102 valence electrons. The van der Waals surface area contributed by atoms with E-state index in [1.165, 1.54) is 5.56 Å². The van der Waals surface area contributed by atoms with E-state index in [0.29, 0.717) is 6.54 Å². The summed E-state index contributed by atoms with van der Waals surface area (Å²) in [6.07, 6.45) is 1.86. The van der Waals surface area contributed by atoms with Crippen LogP contribution in [0.1, 0.15) is 18.9 Å². The number of para-hydroxylation sites is 1. The van der Waals surface area contributed by atoms with Crippen molar-refractivity contribution in [2.75, 3.05) is 19.6 Å². The van der Waals surface area contributed by atoms with E-state index in [4.69, 9.17) is 4.74 Å². The van der Waals surface area contributed by atoms with E-state index in [9.17, 15) is 4.79 Å². The van der Waals surface area contributed by atoms with E-state index in [0.717, 1.165) is 31.7 Å². The van der Waals surface area contributed by atoms with Crippen LogP contribution in [0, 0.1) is 5.41 Å². The zero-order chi connectivity index (χ0) is 13.3. The van der Waals surface area contributed by atoms with Gasteiger partial charge in [0.1, 0.15) is 11.9 Å². The third kappa shape index (κ3) is 2.45. The molecule has 2 aliphatic heterocycles. The van der Waals surface area contributed by atoms with Gasteiger partial charge >= 0.3 is 0 Å². The highest BCUT2D eigenvalue weighted by atomic mass is 16.5. The lowest BCUT2D eigenvalue weighted by Gasteiger charge is -2.22. The summed E-state index contributed by atoms with van der Waals surface area (Å²) in [5.74, 6) is 1.09. The van der Waals surface area contributed by atoms with Gasteiger partial charge in [-0.3, -0.25) is 4.79 Å². The van der Waals surface area contributed by atoms with Crippen LogP contribution in [-0.4, -0.2) is 31.6 Å². The summed E-state index contributed by atoms with van der Waals surface area (Å²) < 4.78 is 5.82. The lowest BCUT2D eigenvalue weighted by atomic mass is 9.89. The molecule has 0 aliphatic carbocycles. The lowest BCUT2D eigenvalue weighted by Crippen LogP contribution is -2.44. The Bertz CT molecular complexity index is 456. The Hall–Kier alpha value is -1.55. The van der Waals surface area contributed by atoms with Gasteiger partial charge in [0.25, 0.3) is 0 Å². The molecule has 2 aliphatic rings. The molecule has 0 spiro atoms. The Morgan fingerprint density at radius 3 is 3.11 bits per heavy atom. The number of rotatable bonds is 3. The minimum absolute atomic E-state index is 0.0688. The van der Waals surface area contributed by atoms with Gasteiger partial charge in [-0.15, -0.1) is 0 Å². The highest BCUT2D eigenvalue weighted by Gasteiger charge is 2.36. The first kappa shape index (κ1) is 12.5. The maximum atomic E-state index is 12.2. The van der Waals surface area contributed by atoms with E-state index in [-0.39, 0.29) is 17.4 Å². The maximum Gasteiger partial charge on any atom is 0.227 e. The number of carbonyl (C=O) groups is 1. The Morgan fingerprint density at radius 2 is 2.37 bits per heavy atom. The Balaban J connectivity index is 1.53. The minimum atomic E-state index is -0.258. The first-order valence-corrected chi connectivity index (χ1v) is 6.91. The molecule has 0 saturated carbocycles. The highest BCUT2D eigenvalue weighted by molar-refractivity contribution is 5.82. The Labute approximate surface area is 113 Å². The monoisotopic (exact) mass is 260 g/mol. The van der Waals surface area contributed by atoms with E-state index in [1.54, 1.807) is 0 Å². The van der Waals surface area contributed by atoms with Crippen molar-refractivity contribution in [3.05, 3.63) is 29.8 Å². The summed E-state index contributed by atoms with van der Waals surface area (Å²) in [5, 5.41) is 6.28. The van der Waals surface area contributed by atoms with Crippen molar-refractivity contribution < 1.29 is 9.53 Å². The average Bonchev–Trinajstić information content (AvgIpc) is 3.02. The standard InChI is InChI=1S/C15H20N2O2/c1-15(6-7-16-10-15)14(18)17-9-12-8-11-4-2-3-5-13(11)19-12/h2-5,12,16H,6-10H2,1H3,(H,17,18). The van der Waals surface area contributed by atoms with Crippen LogP contribution >= 0.6 is 0 Å². The molecule has 2 atom stereocenters. The van der Waals surface area contributed by atoms with Gasteiger partial charge in [-0.05, 0) is 31.5 Å². The Kier molecular flexibility index (Phi) is 3.19. The number of benzene rings is 1. The van der Waals surface area contributed by atoms with Crippen LogP contribution in [0.2, 0.25) is 0 Å². The topological polar surface area (TPSA) is 50.4 Å². The molecule has 0 aromatic heterocycles. The van der Waals surface area contributed by atoms with Crippen LogP contribution < -0.4 is 15.4 Å². The molecule has 19 heavy (non-hydrogen) atoms. The molecule has 1 aromatic carbocycles. The van der Waals surface area contributed by atoms with Gasteiger partial charge in [-0.1, -0.05) is 18.2 Å². The molecule has 1 saturated heterocycles. The van der Waals surface area contributed by atoms with E-state index in [1.807, 2.05) is 25.1 Å². The Morgan fingerprint density at radius 1 is 1.53 bits per heavy atom. The third-order valence-electron chi connectivity index (χ3n) is 4.12. The van der Waals surface area contributed by atoms with Crippen LogP contribution in [0.15, 0.2) is 24.3 Å². The van der Waals surface area contributed by atoms with Crippen LogP contribution in [0.5, 0.6) is 5.75 Å². The molecule has 4 heteroatoms. The summed E-state index contributed by atoms with van der Waals surface area (Å²) in [5.41, 5.74) is 0.973. The highest BCUT2D eigenvalue weighted by Crippen LogP contribution is 2.28. The molecule has 0 bridgehead atoms. The summed E-state index contributed by atoms with van der Waals surface area (Å²) in [4.78, 5) is 12.2. The zero-order valence-electron chi connectivity index (χ0n) is 11.2. The van der Waals surface area contributed by atoms with Crippen molar-refractivity contribution in [2.24, 2.45) is 5.41 Å². The van der Waals surface area contributed by atoms with Gasteiger partial charge in [-0.2, -0.15) is 0 Å². The minimum Gasteiger partial charge on any atom is -0.488 e. The van der Waals surface area contributed by atoms with Crippen molar-refractivity contribution in [3.63, 3.8) is 0 Å². The molecule has 2 unspecified atom stereocenters. The number of ether oxygens (including phenoxy) is 1. The first-order valence-electron chi connectivity index (χ1n) is 6.91. The van der Waals surface area contributed by atoms with Crippen molar-refractivity contribution in [3.8, 4) is 5.75 Å². The predicted molar refractivity (Wildman–Crippen MR) is 73.2 cm³/mol. The SMILES string of the molecule is CC1(C(=O)NCC2Cc3ccccc3O2)CCNC1. The number of hydrogen-bond acceptors (Lipinski definition) is 3. The van der Waals surface area contributed by atoms with Gasteiger partial charge in [0, 0.05) is 13.0 Å². The number of nitrogens with one attached hydrogen (secondary N) is 2. The fourth-order valence-corrected chi connectivity index (χ4v) is 2.80. The van der Waals surface area contributed by atoms with Crippen molar-refractivity contribution >= 4 is 5.91 Å². The summed E-state index contributed by atoms with van der Waals surface area (Å²) >= 11 is 0. The molecule has 1 amide bonds. The van der Waals surface area contributed by atoms with Gasteiger partial charge in [0.2, 0.25) is 5.91 Å². The van der Waals surface area contributed by atoms with Crippen molar-refractivity contribution in [2.45, 2.75) is 25.9 Å². The fraction of sp³-hybridized carbons (Fsp3) is 0.533. The zero-order valence-corrected chi connectivity index (χ0v) is 11.2. The van der Waals surface area contributed by atoms with Crippen LogP contribution in [0.4, 0.5) is 0 Å². The van der Waals surface area contributed by atoms with E-state index < -0.39 is 0 Å². The molecular weight excluding hydrogens is 240 g/mol. The predicted octanol–water partition coefficient (Wildman–Crippen LogP) is 1.11. The van der Waals surface area contributed by atoms with Gasteiger partial charge in [0.15, 0.2) is 0 Å². The summed E-state index contributed by atoms with van der Waals surface area (Å²) in [7, 11) is 0. The molecule has 1 fully saturated rings. The second kappa shape index (κ2) is 4.85. The largest absolute Gasteiger partial charge is 0.488 e. The van der Waals surface area contributed by atoms with E-state index >= 15 is 0 Å². The molecule has 2 N–H and O–H groups in total. The van der Waals surface area contributed by atoms with Crippen LogP contribution in [0.25, 0.3) is 0 Å². The van der Waals surface area contributed by atoms with Gasteiger partial charge in [-0.25, -0.2) is 0 Å². The molecule has 2 heterocycles. The van der Waals surface area contributed by atoms with Crippen LogP contribution in [0.3, 0.4) is 0 Å². The maximum absolute atomic E-state index is 12.2. The quantitative estimate of drug-likeness (QED) is 0.856. The van der Waals surface area contributed by atoms with Gasteiger partial charge < -0.3 is 15.4 Å². The van der Waals surface area contributed by atoms with E-state index in [2.05, 4.69) is 16.7 Å². The fourth-order valence-electron chi connectivity index (χ4n) is 2.80. The van der Waals surface area contributed by atoms with Crippen molar-refractivity contribution in [1.82, 2.24) is 10.6 Å². The molecule has 3 rings (SSSR count). The number of amides is 1. The second-order valence-electron chi connectivity index (χ2n) is 5.75.